The van der Waals surface area contributed by atoms with Gasteiger partial charge in [-0.15, -0.1) is 0 Å². The first-order valence-corrected chi connectivity index (χ1v) is 5.41. The molecule has 0 radical (unpaired) electrons. The summed E-state index contributed by atoms with van der Waals surface area (Å²) >= 11 is 0. The van der Waals surface area contributed by atoms with Crippen LogP contribution in [0.4, 0.5) is 5.82 Å². The van der Waals surface area contributed by atoms with Crippen LogP contribution in [0.5, 0.6) is 6.01 Å². The Hall–Kier alpha value is -2.18. The molecule has 1 aliphatic rings. The minimum Gasteiger partial charge on any atom is -0.469 e. The second kappa shape index (κ2) is 4.99. The van der Waals surface area contributed by atoms with Gasteiger partial charge in [0.05, 0.1) is 20.1 Å². The molecule has 96 valence electrons. The van der Waals surface area contributed by atoms with E-state index in [1.165, 1.54) is 25.3 Å². The maximum atomic E-state index is 11.8. The second-order valence-electron chi connectivity index (χ2n) is 3.83. The predicted molar refractivity (Wildman–Crippen MR) is 61.1 cm³/mol. The summed E-state index contributed by atoms with van der Waals surface area (Å²) in [5.74, 6) is -0.556. The van der Waals surface area contributed by atoms with Gasteiger partial charge in [0.2, 0.25) is 5.91 Å². The number of hydrogen-bond acceptors (Lipinski definition) is 6. The van der Waals surface area contributed by atoms with Gasteiger partial charge in [0.1, 0.15) is 5.82 Å². The largest absolute Gasteiger partial charge is 0.469 e. The Bertz CT molecular complexity index is 477. The monoisotopic (exact) mass is 251 g/mol. The molecule has 0 N–H and O–H groups in total. The van der Waals surface area contributed by atoms with Gasteiger partial charge in [-0.1, -0.05) is 0 Å². The molecule has 1 amide bonds. The van der Waals surface area contributed by atoms with Crippen molar-refractivity contribution in [1.82, 2.24) is 9.97 Å². The van der Waals surface area contributed by atoms with E-state index in [1.54, 1.807) is 6.07 Å². The average Bonchev–Trinajstić information content (AvgIpc) is 2.80. The summed E-state index contributed by atoms with van der Waals surface area (Å²) in [5.41, 5.74) is 0. The molecule has 0 bridgehead atoms. The van der Waals surface area contributed by atoms with Crippen molar-refractivity contribution in [3.8, 4) is 6.01 Å². The van der Waals surface area contributed by atoms with Crippen molar-refractivity contribution in [1.29, 1.82) is 0 Å². The van der Waals surface area contributed by atoms with Gasteiger partial charge < -0.3 is 9.47 Å². The third-order valence-electron chi connectivity index (χ3n) is 2.74. The van der Waals surface area contributed by atoms with Crippen LogP contribution in [0.1, 0.15) is 6.42 Å². The standard InChI is InChI=1S/C11H13N3O4/c1-17-10(16)7-5-9(15)14(6-7)8-3-4-12-11(13-8)18-2/h3-4,7H,5-6H2,1-2H3. The van der Waals surface area contributed by atoms with Crippen LogP contribution in [-0.4, -0.2) is 42.6 Å². The number of ether oxygens (including phenoxy) is 2. The highest BCUT2D eigenvalue weighted by molar-refractivity contribution is 5.98. The van der Waals surface area contributed by atoms with E-state index in [0.29, 0.717) is 5.82 Å². The van der Waals surface area contributed by atoms with Crippen molar-refractivity contribution in [2.75, 3.05) is 25.7 Å². The summed E-state index contributed by atoms with van der Waals surface area (Å²) in [4.78, 5) is 32.6. The van der Waals surface area contributed by atoms with Crippen LogP contribution in [0, 0.1) is 5.92 Å². The number of carbonyl (C=O) groups is 2. The minimum atomic E-state index is -0.441. The van der Waals surface area contributed by atoms with E-state index in [4.69, 9.17) is 4.74 Å². The van der Waals surface area contributed by atoms with E-state index >= 15 is 0 Å². The molecule has 1 saturated heterocycles. The van der Waals surface area contributed by atoms with Crippen LogP contribution in [0.15, 0.2) is 12.3 Å². The van der Waals surface area contributed by atoms with Gasteiger partial charge in [0.25, 0.3) is 0 Å². The number of carbonyl (C=O) groups excluding carboxylic acids is 2. The highest BCUT2D eigenvalue weighted by atomic mass is 16.5. The van der Waals surface area contributed by atoms with Crippen molar-refractivity contribution in [2.24, 2.45) is 5.92 Å². The number of amides is 1. The topological polar surface area (TPSA) is 81.6 Å². The van der Waals surface area contributed by atoms with E-state index in [1.807, 2.05) is 0 Å². The molecule has 1 unspecified atom stereocenters. The van der Waals surface area contributed by atoms with Crippen molar-refractivity contribution in [2.45, 2.75) is 6.42 Å². The first-order valence-electron chi connectivity index (χ1n) is 5.41. The van der Waals surface area contributed by atoms with Gasteiger partial charge >= 0.3 is 12.0 Å². The van der Waals surface area contributed by atoms with Gasteiger partial charge in [-0.05, 0) is 6.07 Å². The molecule has 2 rings (SSSR count). The molecule has 1 aromatic rings. The zero-order chi connectivity index (χ0) is 13.1. The van der Waals surface area contributed by atoms with Gasteiger partial charge in [0.15, 0.2) is 0 Å². The molecule has 2 heterocycles. The van der Waals surface area contributed by atoms with Crippen molar-refractivity contribution >= 4 is 17.7 Å². The Morgan fingerprint density at radius 3 is 2.94 bits per heavy atom. The Labute approximate surface area is 104 Å². The van der Waals surface area contributed by atoms with E-state index in [9.17, 15) is 9.59 Å². The second-order valence-corrected chi connectivity index (χ2v) is 3.83. The summed E-state index contributed by atoms with van der Waals surface area (Å²) in [7, 11) is 2.76. The molecule has 18 heavy (non-hydrogen) atoms. The fourth-order valence-corrected chi connectivity index (χ4v) is 1.83. The molecule has 0 saturated carbocycles. The number of rotatable bonds is 3. The summed E-state index contributed by atoms with van der Waals surface area (Å²) < 4.78 is 9.53. The molecule has 1 fully saturated rings. The lowest BCUT2D eigenvalue weighted by molar-refractivity contribution is -0.145. The zero-order valence-electron chi connectivity index (χ0n) is 10.1. The summed E-state index contributed by atoms with van der Waals surface area (Å²) in [5, 5.41) is 0. The van der Waals surface area contributed by atoms with Crippen LogP contribution in [-0.2, 0) is 14.3 Å². The SMILES string of the molecule is COC(=O)C1CC(=O)N(c2ccnc(OC)n2)C1. The number of esters is 1. The van der Waals surface area contributed by atoms with Gasteiger partial charge in [-0.25, -0.2) is 4.98 Å². The fraction of sp³-hybridized carbons (Fsp3) is 0.455. The Morgan fingerprint density at radius 2 is 2.28 bits per heavy atom. The van der Waals surface area contributed by atoms with Crippen molar-refractivity contribution in [3.05, 3.63) is 12.3 Å². The molecule has 7 heteroatoms. The third-order valence-corrected chi connectivity index (χ3v) is 2.74. The molecular formula is C11H13N3O4. The van der Waals surface area contributed by atoms with E-state index in [-0.39, 0.29) is 30.9 Å². The Morgan fingerprint density at radius 1 is 1.50 bits per heavy atom. The number of aromatic nitrogens is 2. The van der Waals surface area contributed by atoms with Gasteiger partial charge in [-0.3, -0.25) is 14.5 Å². The predicted octanol–water partition coefficient (Wildman–Crippen LogP) is 0.0111. The van der Waals surface area contributed by atoms with Gasteiger partial charge in [-0.2, -0.15) is 4.98 Å². The lowest BCUT2D eigenvalue weighted by Gasteiger charge is -2.15. The first kappa shape index (κ1) is 12.3. The van der Waals surface area contributed by atoms with Crippen LogP contribution >= 0.6 is 0 Å². The Kier molecular flexibility index (Phi) is 3.40. The summed E-state index contributed by atoms with van der Waals surface area (Å²) in [6, 6.07) is 1.78. The molecular weight excluding hydrogens is 238 g/mol. The number of nitrogens with zero attached hydrogens (tertiary/aromatic N) is 3. The normalized spacial score (nSPS) is 18.9. The maximum Gasteiger partial charge on any atom is 0.318 e. The Balaban J connectivity index is 2.18. The van der Waals surface area contributed by atoms with Crippen LogP contribution in [0.3, 0.4) is 0 Å². The highest BCUT2D eigenvalue weighted by Crippen LogP contribution is 2.24. The zero-order valence-corrected chi connectivity index (χ0v) is 10.1. The van der Waals surface area contributed by atoms with E-state index in [2.05, 4.69) is 14.7 Å². The molecule has 0 aliphatic carbocycles. The van der Waals surface area contributed by atoms with Crippen molar-refractivity contribution in [3.63, 3.8) is 0 Å². The fourth-order valence-electron chi connectivity index (χ4n) is 1.83. The van der Waals surface area contributed by atoms with Gasteiger partial charge in [0, 0.05) is 19.2 Å². The maximum absolute atomic E-state index is 11.8. The lowest BCUT2D eigenvalue weighted by Crippen LogP contribution is -2.27. The summed E-state index contributed by atoms with van der Waals surface area (Å²) in [6.45, 7) is 0.270. The molecule has 1 atom stereocenters. The smallest absolute Gasteiger partial charge is 0.318 e. The molecule has 1 aromatic heterocycles. The van der Waals surface area contributed by atoms with Crippen LogP contribution < -0.4 is 9.64 Å². The van der Waals surface area contributed by atoms with E-state index in [0.717, 1.165) is 0 Å². The minimum absolute atomic E-state index is 0.138. The molecule has 0 aromatic carbocycles. The number of methoxy groups -OCH3 is 2. The van der Waals surface area contributed by atoms with E-state index < -0.39 is 5.92 Å². The number of anilines is 1. The first-order chi connectivity index (χ1) is 8.65. The van der Waals surface area contributed by atoms with Crippen molar-refractivity contribution < 1.29 is 19.1 Å². The van der Waals surface area contributed by atoms with Crippen LogP contribution in [0.25, 0.3) is 0 Å². The third kappa shape index (κ3) is 2.24. The summed E-state index contributed by atoms with van der Waals surface area (Å²) in [6.07, 6.45) is 1.64. The lowest BCUT2D eigenvalue weighted by atomic mass is 10.1. The quantitative estimate of drug-likeness (QED) is 0.704. The highest BCUT2D eigenvalue weighted by Gasteiger charge is 2.36. The molecule has 7 nitrogen and oxygen atoms in total. The molecule has 0 spiro atoms. The number of hydrogen-bond donors (Lipinski definition) is 0. The molecule has 1 aliphatic heterocycles. The van der Waals surface area contributed by atoms with Crippen LogP contribution in [0.2, 0.25) is 0 Å². The average molecular weight is 251 g/mol.